The zero-order valence-corrected chi connectivity index (χ0v) is 14.5. The van der Waals surface area contributed by atoms with Gasteiger partial charge in [-0.3, -0.25) is 9.78 Å². The number of carbonyl (C=O) groups is 1. The molecule has 1 atom stereocenters. The van der Waals surface area contributed by atoms with Crippen molar-refractivity contribution in [1.29, 1.82) is 0 Å². The minimum absolute atomic E-state index is 0.0638. The predicted octanol–water partition coefficient (Wildman–Crippen LogP) is 3.46. The average Bonchev–Trinajstić information content (AvgIpc) is 3.41. The first-order valence-electron chi connectivity index (χ1n) is 8.74. The van der Waals surface area contributed by atoms with Crippen LogP contribution in [0.15, 0.2) is 43.0 Å². The highest BCUT2D eigenvalue weighted by molar-refractivity contribution is 6.07. The highest BCUT2D eigenvalue weighted by Gasteiger charge is 2.30. The number of fused-ring (bicyclic) bond motifs is 1. The second kappa shape index (κ2) is 6.27. The zero-order valence-electron chi connectivity index (χ0n) is 14.5. The lowest BCUT2D eigenvalue weighted by molar-refractivity contribution is 0.0988. The average molecular weight is 335 g/mol. The van der Waals surface area contributed by atoms with Crippen molar-refractivity contribution < 1.29 is 4.79 Å². The van der Waals surface area contributed by atoms with Crippen LogP contribution in [0.4, 0.5) is 5.69 Å². The van der Waals surface area contributed by atoms with Gasteiger partial charge in [0.2, 0.25) is 0 Å². The molecule has 1 fully saturated rings. The molecule has 0 spiro atoms. The number of pyridine rings is 2. The monoisotopic (exact) mass is 335 g/mol. The molecule has 25 heavy (non-hydrogen) atoms. The van der Waals surface area contributed by atoms with Crippen LogP contribution in [0.1, 0.15) is 43.1 Å². The van der Waals surface area contributed by atoms with Crippen molar-refractivity contribution in [1.82, 2.24) is 19.7 Å². The summed E-state index contributed by atoms with van der Waals surface area (Å²) in [6, 6.07) is 5.92. The van der Waals surface area contributed by atoms with E-state index in [0.717, 1.165) is 16.7 Å². The third-order valence-electron chi connectivity index (χ3n) is 4.91. The Bertz CT molecular complexity index is 901. The summed E-state index contributed by atoms with van der Waals surface area (Å²) in [7, 11) is 0. The van der Waals surface area contributed by atoms with Gasteiger partial charge in [0.1, 0.15) is 0 Å². The van der Waals surface area contributed by atoms with Gasteiger partial charge in [-0.05, 0) is 50.8 Å². The quantitative estimate of drug-likeness (QED) is 0.716. The fourth-order valence-electron chi connectivity index (χ4n) is 3.26. The van der Waals surface area contributed by atoms with Crippen LogP contribution in [0, 0.1) is 5.92 Å². The Kier molecular flexibility index (Phi) is 3.95. The van der Waals surface area contributed by atoms with Crippen LogP contribution in [0.3, 0.4) is 0 Å². The Balaban J connectivity index is 1.66. The molecule has 0 unspecified atom stereocenters. The third-order valence-corrected chi connectivity index (χ3v) is 4.91. The van der Waals surface area contributed by atoms with E-state index in [2.05, 4.69) is 22.0 Å². The largest absolute Gasteiger partial charge is 0.308 e. The molecule has 0 bridgehead atoms. The molecule has 1 aliphatic rings. The highest BCUT2D eigenvalue weighted by atomic mass is 16.2. The summed E-state index contributed by atoms with van der Waals surface area (Å²) in [6.45, 7) is 4.73. The summed E-state index contributed by atoms with van der Waals surface area (Å²) in [5.74, 6) is 0.638. The maximum Gasteiger partial charge on any atom is 0.259 e. The Morgan fingerprint density at radius 1 is 1.32 bits per heavy atom. The standard InChI is InChI=1S/C19H21N5O/c1-3-23(17-6-8-20-9-7-17)19(25)16-10-15-12-22-24(18(15)21-11-16)13(2)14-4-5-14/h6-14H,3-5H2,1-2H3/t13-/m0/s1. The van der Waals surface area contributed by atoms with E-state index in [1.807, 2.05) is 29.8 Å². The van der Waals surface area contributed by atoms with Gasteiger partial charge in [-0.25, -0.2) is 9.67 Å². The van der Waals surface area contributed by atoms with E-state index < -0.39 is 0 Å². The first kappa shape index (κ1) is 15.7. The van der Waals surface area contributed by atoms with Gasteiger partial charge < -0.3 is 4.90 Å². The van der Waals surface area contributed by atoms with Gasteiger partial charge in [0, 0.05) is 36.2 Å². The molecule has 3 heterocycles. The molecule has 1 aliphatic carbocycles. The van der Waals surface area contributed by atoms with E-state index in [1.54, 1.807) is 29.7 Å². The van der Waals surface area contributed by atoms with Gasteiger partial charge in [0.15, 0.2) is 5.65 Å². The summed E-state index contributed by atoms with van der Waals surface area (Å²) in [4.78, 5) is 23.2. The summed E-state index contributed by atoms with van der Waals surface area (Å²) in [5.41, 5.74) is 2.26. The van der Waals surface area contributed by atoms with E-state index >= 15 is 0 Å². The molecule has 6 nitrogen and oxygen atoms in total. The number of carbonyl (C=O) groups excluding carboxylic acids is 1. The zero-order chi connectivity index (χ0) is 17.4. The van der Waals surface area contributed by atoms with E-state index in [-0.39, 0.29) is 5.91 Å². The second-order valence-corrected chi connectivity index (χ2v) is 6.56. The lowest BCUT2D eigenvalue weighted by atomic mass is 10.2. The van der Waals surface area contributed by atoms with Crippen LogP contribution in [0.25, 0.3) is 11.0 Å². The van der Waals surface area contributed by atoms with E-state index in [9.17, 15) is 4.79 Å². The van der Waals surface area contributed by atoms with Crippen molar-refractivity contribution in [2.75, 3.05) is 11.4 Å². The topological polar surface area (TPSA) is 63.9 Å². The molecular formula is C19H21N5O. The molecule has 0 saturated heterocycles. The normalized spacial score (nSPS) is 15.3. The number of hydrogen-bond acceptors (Lipinski definition) is 4. The smallest absolute Gasteiger partial charge is 0.259 e. The molecular weight excluding hydrogens is 314 g/mol. The molecule has 6 heteroatoms. The van der Waals surface area contributed by atoms with Crippen LogP contribution in [0.2, 0.25) is 0 Å². The molecule has 0 aromatic carbocycles. The van der Waals surface area contributed by atoms with Crippen LogP contribution < -0.4 is 4.90 Å². The van der Waals surface area contributed by atoms with Gasteiger partial charge in [0.25, 0.3) is 5.91 Å². The SMILES string of the molecule is CCN(C(=O)c1cnc2c(cnn2[C@@H](C)C2CC2)c1)c1ccncc1. The van der Waals surface area contributed by atoms with Gasteiger partial charge in [-0.2, -0.15) is 5.10 Å². The summed E-state index contributed by atoms with van der Waals surface area (Å²) in [5, 5.41) is 5.41. The molecule has 1 amide bonds. The fraction of sp³-hybridized carbons (Fsp3) is 0.368. The summed E-state index contributed by atoms with van der Waals surface area (Å²) < 4.78 is 1.99. The maximum absolute atomic E-state index is 12.9. The molecule has 0 aliphatic heterocycles. The van der Waals surface area contributed by atoms with Gasteiger partial charge >= 0.3 is 0 Å². The van der Waals surface area contributed by atoms with E-state index in [4.69, 9.17) is 0 Å². The van der Waals surface area contributed by atoms with E-state index in [1.165, 1.54) is 12.8 Å². The number of nitrogens with zero attached hydrogens (tertiary/aromatic N) is 5. The first-order valence-corrected chi connectivity index (χ1v) is 8.74. The number of aromatic nitrogens is 4. The van der Waals surface area contributed by atoms with Crippen molar-refractivity contribution in [3.63, 3.8) is 0 Å². The van der Waals surface area contributed by atoms with Crippen molar-refractivity contribution in [2.45, 2.75) is 32.7 Å². The van der Waals surface area contributed by atoms with Crippen LogP contribution in [-0.4, -0.2) is 32.2 Å². The first-order chi connectivity index (χ1) is 12.2. The van der Waals surface area contributed by atoms with E-state index in [0.29, 0.717) is 24.1 Å². The van der Waals surface area contributed by atoms with Crippen molar-refractivity contribution in [3.8, 4) is 0 Å². The summed E-state index contributed by atoms with van der Waals surface area (Å²) >= 11 is 0. The summed E-state index contributed by atoms with van der Waals surface area (Å²) in [6.07, 6.45) is 9.37. The lowest BCUT2D eigenvalue weighted by Crippen LogP contribution is -2.30. The van der Waals surface area contributed by atoms with Crippen molar-refractivity contribution in [2.24, 2.45) is 5.92 Å². The van der Waals surface area contributed by atoms with Gasteiger partial charge in [-0.1, -0.05) is 0 Å². The number of amides is 1. The van der Waals surface area contributed by atoms with Crippen LogP contribution in [-0.2, 0) is 0 Å². The predicted molar refractivity (Wildman–Crippen MR) is 96.6 cm³/mol. The number of hydrogen-bond donors (Lipinski definition) is 0. The van der Waals surface area contributed by atoms with Crippen molar-refractivity contribution in [3.05, 3.63) is 48.5 Å². The second-order valence-electron chi connectivity index (χ2n) is 6.56. The Morgan fingerprint density at radius 2 is 2.08 bits per heavy atom. The molecule has 4 rings (SSSR count). The van der Waals surface area contributed by atoms with Gasteiger partial charge in [0.05, 0.1) is 17.8 Å². The molecule has 3 aromatic heterocycles. The molecule has 3 aromatic rings. The lowest BCUT2D eigenvalue weighted by Gasteiger charge is -2.20. The Labute approximate surface area is 146 Å². The minimum atomic E-state index is -0.0638. The third kappa shape index (κ3) is 2.88. The van der Waals surface area contributed by atoms with Gasteiger partial charge in [-0.15, -0.1) is 0 Å². The Morgan fingerprint density at radius 3 is 2.76 bits per heavy atom. The molecule has 0 radical (unpaired) electrons. The Hall–Kier alpha value is -2.76. The molecule has 0 N–H and O–H groups in total. The maximum atomic E-state index is 12.9. The number of rotatable bonds is 5. The number of anilines is 1. The van der Waals surface area contributed by atoms with Crippen molar-refractivity contribution >= 4 is 22.6 Å². The highest BCUT2D eigenvalue weighted by Crippen LogP contribution is 2.40. The minimum Gasteiger partial charge on any atom is -0.308 e. The molecule has 128 valence electrons. The van der Waals surface area contributed by atoms with Crippen LogP contribution >= 0.6 is 0 Å². The fourth-order valence-corrected chi connectivity index (χ4v) is 3.26. The molecule has 1 saturated carbocycles. The van der Waals surface area contributed by atoms with Crippen LogP contribution in [0.5, 0.6) is 0 Å².